The minimum Gasteiger partial charge on any atom is -0.455 e. The van der Waals surface area contributed by atoms with Gasteiger partial charge in [0.1, 0.15) is 17.2 Å². The lowest BCUT2D eigenvalue weighted by atomic mass is 9.95. The monoisotopic (exact) mass is 586 g/mol. The number of carbonyl (C=O) groups excluding carboxylic acids is 2. The number of furan rings is 1. The fraction of sp³-hybridized carbons (Fsp3) is 0.147. The van der Waals surface area contributed by atoms with Gasteiger partial charge in [0, 0.05) is 41.5 Å². The van der Waals surface area contributed by atoms with Gasteiger partial charge in [-0.1, -0.05) is 12.1 Å². The molecule has 0 unspecified atom stereocenters. The van der Waals surface area contributed by atoms with Crippen molar-refractivity contribution in [1.29, 1.82) is 0 Å². The van der Waals surface area contributed by atoms with E-state index >= 15 is 0 Å². The van der Waals surface area contributed by atoms with Gasteiger partial charge in [0.2, 0.25) is 0 Å². The van der Waals surface area contributed by atoms with Crippen LogP contribution in [0.25, 0.3) is 44.8 Å². The molecule has 1 aliphatic rings. The molecule has 3 N–H and O–H groups in total. The van der Waals surface area contributed by atoms with Crippen LogP contribution in [-0.2, 0) is 5.54 Å². The standard InChI is InChI=1S/C34H27FN6O3/c1-19-3-4-23(31(42)39-34(13-14-34)33-38-30(40-41-33)21-11-15-37-16-12-21)18-25(19)22-7-10-27-26(17-22)28(32(43)36-2)29(44-27)20-5-8-24(35)9-6-20/h3-12,15-18H,13-14H2,1-2H3,(H,36,43)(H,39,42)(H,38,40,41). The van der Waals surface area contributed by atoms with Crippen molar-refractivity contribution in [1.82, 2.24) is 30.8 Å². The van der Waals surface area contributed by atoms with Gasteiger partial charge in [-0.15, -0.1) is 0 Å². The number of nitrogens with zero attached hydrogens (tertiary/aromatic N) is 3. The highest BCUT2D eigenvalue weighted by molar-refractivity contribution is 6.12. The Hall–Kier alpha value is -5.64. The number of aromatic nitrogens is 4. The molecule has 0 saturated heterocycles. The molecule has 3 heterocycles. The number of aromatic amines is 1. The molecule has 1 saturated carbocycles. The summed E-state index contributed by atoms with van der Waals surface area (Å²) in [6.07, 6.45) is 4.86. The van der Waals surface area contributed by atoms with Gasteiger partial charge in [0.25, 0.3) is 11.8 Å². The van der Waals surface area contributed by atoms with Crippen LogP contribution in [0.1, 0.15) is 44.9 Å². The third-order valence-electron chi connectivity index (χ3n) is 8.04. The first-order chi connectivity index (χ1) is 21.3. The number of halogens is 1. The van der Waals surface area contributed by atoms with E-state index < -0.39 is 5.54 Å². The number of rotatable bonds is 7. The summed E-state index contributed by atoms with van der Waals surface area (Å²) < 4.78 is 19.7. The van der Waals surface area contributed by atoms with Gasteiger partial charge in [0.15, 0.2) is 11.6 Å². The average molecular weight is 587 g/mol. The summed E-state index contributed by atoms with van der Waals surface area (Å²) in [4.78, 5) is 35.3. The van der Waals surface area contributed by atoms with E-state index in [9.17, 15) is 14.0 Å². The largest absolute Gasteiger partial charge is 0.455 e. The quantitative estimate of drug-likeness (QED) is 0.205. The van der Waals surface area contributed by atoms with Crippen LogP contribution >= 0.6 is 0 Å². The van der Waals surface area contributed by atoms with Gasteiger partial charge in [-0.2, -0.15) is 5.10 Å². The van der Waals surface area contributed by atoms with Gasteiger partial charge in [-0.05, 0) is 97.1 Å². The number of hydrogen-bond donors (Lipinski definition) is 3. The molecular weight excluding hydrogens is 559 g/mol. The maximum absolute atomic E-state index is 13.6. The van der Waals surface area contributed by atoms with E-state index in [4.69, 9.17) is 4.42 Å². The highest BCUT2D eigenvalue weighted by Crippen LogP contribution is 2.44. The van der Waals surface area contributed by atoms with E-state index in [1.54, 1.807) is 43.7 Å². The minimum absolute atomic E-state index is 0.223. The van der Waals surface area contributed by atoms with Crippen molar-refractivity contribution in [2.45, 2.75) is 25.3 Å². The van der Waals surface area contributed by atoms with E-state index in [1.807, 2.05) is 43.3 Å². The molecule has 2 amide bonds. The van der Waals surface area contributed by atoms with Crippen LogP contribution in [0.5, 0.6) is 0 Å². The average Bonchev–Trinajstić information content (AvgIpc) is 3.47. The number of hydrogen-bond acceptors (Lipinski definition) is 6. The van der Waals surface area contributed by atoms with Crippen molar-refractivity contribution in [2.75, 3.05) is 7.05 Å². The topological polar surface area (TPSA) is 126 Å². The number of benzene rings is 3. The summed E-state index contributed by atoms with van der Waals surface area (Å²) in [5.74, 6) is 0.605. The van der Waals surface area contributed by atoms with Crippen LogP contribution in [0.3, 0.4) is 0 Å². The Morgan fingerprint density at radius 2 is 1.66 bits per heavy atom. The molecule has 0 aliphatic heterocycles. The third kappa shape index (κ3) is 4.80. The van der Waals surface area contributed by atoms with Crippen molar-refractivity contribution in [3.63, 3.8) is 0 Å². The summed E-state index contributed by atoms with van der Waals surface area (Å²) in [6.45, 7) is 1.97. The summed E-state index contributed by atoms with van der Waals surface area (Å²) in [7, 11) is 1.55. The van der Waals surface area contributed by atoms with Crippen LogP contribution in [0.4, 0.5) is 4.39 Å². The van der Waals surface area contributed by atoms with Gasteiger partial charge in [0.05, 0.1) is 11.1 Å². The normalized spacial score (nSPS) is 13.5. The molecule has 1 fully saturated rings. The van der Waals surface area contributed by atoms with Crippen molar-refractivity contribution in [3.05, 3.63) is 114 Å². The highest BCUT2D eigenvalue weighted by Gasteiger charge is 2.49. The summed E-state index contributed by atoms with van der Waals surface area (Å²) in [6, 6.07) is 20.6. The molecular formula is C34H27FN6O3. The fourth-order valence-corrected chi connectivity index (χ4v) is 5.44. The Morgan fingerprint density at radius 1 is 0.909 bits per heavy atom. The third-order valence-corrected chi connectivity index (χ3v) is 8.04. The Kier molecular flexibility index (Phi) is 6.54. The van der Waals surface area contributed by atoms with E-state index in [0.29, 0.717) is 45.1 Å². The zero-order valence-electron chi connectivity index (χ0n) is 23.9. The van der Waals surface area contributed by atoms with Crippen molar-refractivity contribution < 1.29 is 18.4 Å². The van der Waals surface area contributed by atoms with Crippen LogP contribution in [0.15, 0.2) is 89.6 Å². The second kappa shape index (κ2) is 10.6. The molecule has 3 aromatic heterocycles. The van der Waals surface area contributed by atoms with Crippen LogP contribution in [0, 0.1) is 12.7 Å². The Bertz CT molecular complexity index is 2050. The summed E-state index contributed by atoms with van der Waals surface area (Å²) >= 11 is 0. The van der Waals surface area contributed by atoms with Crippen LogP contribution < -0.4 is 10.6 Å². The zero-order valence-corrected chi connectivity index (χ0v) is 23.9. The van der Waals surface area contributed by atoms with Gasteiger partial charge in [-0.3, -0.25) is 19.7 Å². The Balaban J connectivity index is 1.21. The smallest absolute Gasteiger partial charge is 0.255 e. The first-order valence-corrected chi connectivity index (χ1v) is 14.2. The highest BCUT2D eigenvalue weighted by atomic mass is 19.1. The van der Waals surface area contributed by atoms with Crippen LogP contribution in [0.2, 0.25) is 0 Å². The number of aryl methyl sites for hydroxylation is 1. The lowest BCUT2D eigenvalue weighted by molar-refractivity contribution is 0.0927. The Labute approximate surface area is 251 Å². The van der Waals surface area contributed by atoms with Gasteiger partial charge >= 0.3 is 0 Å². The minimum atomic E-state index is -0.602. The van der Waals surface area contributed by atoms with E-state index in [2.05, 4.69) is 30.8 Å². The lowest BCUT2D eigenvalue weighted by Gasteiger charge is -2.16. The molecule has 44 heavy (non-hydrogen) atoms. The second-order valence-corrected chi connectivity index (χ2v) is 10.9. The first kappa shape index (κ1) is 27.2. The summed E-state index contributed by atoms with van der Waals surface area (Å²) in [5, 5.41) is 13.8. The molecule has 9 nitrogen and oxygen atoms in total. The SMILES string of the molecule is CNC(=O)c1c(-c2ccc(F)cc2)oc2ccc(-c3cc(C(=O)NC4(c5nc(-c6ccncc6)n[nH]5)CC4)ccc3C)cc12. The number of nitrogens with one attached hydrogen (secondary N) is 3. The number of H-pyrrole nitrogens is 1. The predicted octanol–water partition coefficient (Wildman–Crippen LogP) is 6.17. The molecule has 0 spiro atoms. The van der Waals surface area contributed by atoms with Crippen molar-refractivity contribution in [3.8, 4) is 33.8 Å². The molecule has 7 rings (SSSR count). The zero-order chi connectivity index (χ0) is 30.4. The number of carbonyl (C=O) groups is 2. The maximum Gasteiger partial charge on any atom is 0.255 e. The van der Waals surface area contributed by atoms with Crippen molar-refractivity contribution in [2.24, 2.45) is 0 Å². The predicted molar refractivity (Wildman–Crippen MR) is 163 cm³/mol. The molecule has 0 atom stereocenters. The second-order valence-electron chi connectivity index (χ2n) is 10.9. The number of pyridine rings is 1. The Morgan fingerprint density at radius 3 is 2.39 bits per heavy atom. The first-order valence-electron chi connectivity index (χ1n) is 14.2. The maximum atomic E-state index is 13.6. The van der Waals surface area contributed by atoms with E-state index in [-0.39, 0.29) is 17.6 Å². The molecule has 3 aromatic carbocycles. The molecule has 0 radical (unpaired) electrons. The van der Waals surface area contributed by atoms with E-state index in [1.165, 1.54) is 12.1 Å². The molecule has 6 aromatic rings. The van der Waals surface area contributed by atoms with E-state index in [0.717, 1.165) is 35.1 Å². The molecule has 1 aliphatic carbocycles. The lowest BCUT2D eigenvalue weighted by Crippen LogP contribution is -2.35. The number of amides is 2. The molecule has 218 valence electrons. The van der Waals surface area contributed by atoms with Gasteiger partial charge < -0.3 is 15.1 Å². The van der Waals surface area contributed by atoms with Crippen LogP contribution in [-0.4, -0.2) is 39.0 Å². The fourth-order valence-electron chi connectivity index (χ4n) is 5.44. The van der Waals surface area contributed by atoms with Crippen molar-refractivity contribution >= 4 is 22.8 Å². The molecule has 10 heteroatoms. The summed E-state index contributed by atoms with van der Waals surface area (Å²) in [5.41, 5.74) is 4.83. The molecule has 0 bridgehead atoms. The van der Waals surface area contributed by atoms with Gasteiger partial charge in [-0.25, -0.2) is 9.37 Å². The number of fused-ring (bicyclic) bond motifs is 1.